The third kappa shape index (κ3) is 2.30. The summed E-state index contributed by atoms with van der Waals surface area (Å²) in [5.74, 6) is 0.198. The number of rotatable bonds is 1. The van der Waals surface area contributed by atoms with Crippen molar-refractivity contribution in [2.45, 2.75) is 12.5 Å². The number of aliphatic hydroxyl groups excluding tert-OH is 1. The van der Waals surface area contributed by atoms with Crippen LogP contribution in [0.4, 0.5) is 0 Å². The van der Waals surface area contributed by atoms with E-state index in [4.69, 9.17) is 5.11 Å². The Morgan fingerprint density at radius 1 is 1.78 bits per heavy atom. The fraction of sp³-hybridized carbons (Fsp3) is 0.800. The van der Waals surface area contributed by atoms with E-state index in [1.54, 1.807) is 0 Å². The van der Waals surface area contributed by atoms with E-state index in [1.807, 2.05) is 0 Å². The van der Waals surface area contributed by atoms with Crippen molar-refractivity contribution in [2.24, 2.45) is 0 Å². The first-order chi connectivity index (χ1) is 3.83. The Balaban J connectivity index is 0.000000640. The molecule has 1 rings (SSSR count). The molecule has 0 aromatic rings. The third-order valence-electron chi connectivity index (χ3n) is 1.28. The Morgan fingerprint density at radius 3 is 2.67 bits per heavy atom. The molecule has 3 nitrogen and oxygen atoms in total. The molecule has 0 aromatic heterocycles. The Labute approximate surface area is 59.9 Å². The van der Waals surface area contributed by atoms with E-state index >= 15 is 0 Å². The van der Waals surface area contributed by atoms with Gasteiger partial charge in [-0.05, 0) is 0 Å². The lowest BCUT2D eigenvalue weighted by atomic mass is 10.2. The summed E-state index contributed by atoms with van der Waals surface area (Å²) in [5, 5.41) is 11.3. The summed E-state index contributed by atoms with van der Waals surface area (Å²) >= 11 is 0. The van der Waals surface area contributed by atoms with E-state index in [2.05, 4.69) is 5.32 Å². The molecule has 0 aromatic carbocycles. The number of aliphatic hydroxyl groups is 1. The number of halogens is 1. The summed E-state index contributed by atoms with van der Waals surface area (Å²) in [5.41, 5.74) is 0. The van der Waals surface area contributed by atoms with Gasteiger partial charge in [-0.1, -0.05) is 0 Å². The van der Waals surface area contributed by atoms with Crippen LogP contribution in [0.2, 0.25) is 0 Å². The molecule has 0 bridgehead atoms. The van der Waals surface area contributed by atoms with Gasteiger partial charge in [0.1, 0.15) is 5.78 Å². The van der Waals surface area contributed by atoms with Crippen molar-refractivity contribution in [3.05, 3.63) is 0 Å². The lowest BCUT2D eigenvalue weighted by Crippen LogP contribution is -2.24. The van der Waals surface area contributed by atoms with E-state index in [0.717, 1.165) is 0 Å². The van der Waals surface area contributed by atoms with Crippen molar-refractivity contribution in [2.75, 3.05) is 13.2 Å². The predicted molar refractivity (Wildman–Crippen MR) is 35.7 cm³/mol. The van der Waals surface area contributed by atoms with Gasteiger partial charge in [0.05, 0.1) is 13.2 Å². The minimum absolute atomic E-state index is 0. The second-order valence-corrected chi connectivity index (χ2v) is 2.00. The number of ketones is 1. The molecule has 1 saturated heterocycles. The molecule has 0 saturated carbocycles. The minimum Gasteiger partial charge on any atom is -0.395 e. The number of nitrogens with one attached hydrogen (secondary N) is 1. The van der Waals surface area contributed by atoms with Crippen molar-refractivity contribution < 1.29 is 9.90 Å². The summed E-state index contributed by atoms with van der Waals surface area (Å²) in [7, 11) is 0. The van der Waals surface area contributed by atoms with Gasteiger partial charge in [-0.15, -0.1) is 12.4 Å². The van der Waals surface area contributed by atoms with Crippen molar-refractivity contribution >= 4 is 18.2 Å². The van der Waals surface area contributed by atoms with E-state index < -0.39 is 0 Å². The molecule has 9 heavy (non-hydrogen) atoms. The minimum atomic E-state index is 0. The molecule has 0 radical (unpaired) electrons. The van der Waals surface area contributed by atoms with E-state index in [0.29, 0.717) is 13.0 Å². The molecule has 0 spiro atoms. The molecule has 1 aliphatic rings. The first-order valence-electron chi connectivity index (χ1n) is 2.69. The highest BCUT2D eigenvalue weighted by atomic mass is 35.5. The van der Waals surface area contributed by atoms with Crippen LogP contribution in [0.5, 0.6) is 0 Å². The van der Waals surface area contributed by atoms with Gasteiger partial charge in [0, 0.05) is 12.5 Å². The molecule has 0 aliphatic carbocycles. The number of hydrogen-bond acceptors (Lipinski definition) is 3. The normalized spacial score (nSPS) is 25.9. The molecular formula is C5H10ClNO2. The first-order valence-corrected chi connectivity index (χ1v) is 2.69. The number of Topliss-reactive ketones (excluding diaryl/α,β-unsaturated/α-hetero) is 1. The van der Waals surface area contributed by atoms with E-state index in [-0.39, 0.29) is 30.8 Å². The maximum Gasteiger partial charge on any atom is 0.148 e. The van der Waals surface area contributed by atoms with Gasteiger partial charge >= 0.3 is 0 Å². The lowest BCUT2D eigenvalue weighted by Gasteiger charge is -2.00. The monoisotopic (exact) mass is 151 g/mol. The summed E-state index contributed by atoms with van der Waals surface area (Å²) in [6.07, 6.45) is 0.497. The molecule has 1 fully saturated rings. The lowest BCUT2D eigenvalue weighted by molar-refractivity contribution is -0.116. The van der Waals surface area contributed by atoms with Crippen LogP contribution in [0.3, 0.4) is 0 Å². The molecule has 1 atom stereocenters. The van der Waals surface area contributed by atoms with Gasteiger partial charge in [-0.2, -0.15) is 0 Å². The standard InChI is InChI=1S/C5H9NO2.ClH/c7-3-4-1-5(8)2-6-4;/h4,6-7H,1-3H2;1H/t4-;/m0./s1. The van der Waals surface area contributed by atoms with Gasteiger partial charge in [0.25, 0.3) is 0 Å². The Bertz CT molecular complexity index is 107. The maximum atomic E-state index is 10.4. The Hall–Kier alpha value is -0.120. The van der Waals surface area contributed by atoms with Gasteiger partial charge in [0.15, 0.2) is 0 Å². The second kappa shape index (κ2) is 3.82. The molecule has 4 heteroatoms. The van der Waals surface area contributed by atoms with Crippen molar-refractivity contribution in [1.29, 1.82) is 0 Å². The Morgan fingerprint density at radius 2 is 2.44 bits per heavy atom. The van der Waals surface area contributed by atoms with Crippen molar-refractivity contribution in [3.8, 4) is 0 Å². The largest absolute Gasteiger partial charge is 0.395 e. The zero-order valence-corrected chi connectivity index (χ0v) is 5.78. The molecule has 54 valence electrons. The average molecular weight is 152 g/mol. The highest BCUT2D eigenvalue weighted by Gasteiger charge is 2.19. The van der Waals surface area contributed by atoms with Crippen LogP contribution in [0.1, 0.15) is 6.42 Å². The topological polar surface area (TPSA) is 49.3 Å². The van der Waals surface area contributed by atoms with Crippen LogP contribution in [0.15, 0.2) is 0 Å². The van der Waals surface area contributed by atoms with Crippen molar-refractivity contribution in [3.63, 3.8) is 0 Å². The summed E-state index contributed by atoms with van der Waals surface area (Å²) in [4.78, 5) is 10.4. The number of carbonyl (C=O) groups is 1. The fourth-order valence-corrected chi connectivity index (χ4v) is 0.806. The van der Waals surface area contributed by atoms with Crippen LogP contribution in [0, 0.1) is 0 Å². The summed E-state index contributed by atoms with van der Waals surface area (Å²) in [6, 6.07) is 0.0301. The molecule has 0 amide bonds. The second-order valence-electron chi connectivity index (χ2n) is 2.00. The van der Waals surface area contributed by atoms with E-state index in [9.17, 15) is 4.79 Å². The highest BCUT2D eigenvalue weighted by Crippen LogP contribution is 1.98. The maximum absolute atomic E-state index is 10.4. The van der Waals surface area contributed by atoms with Crippen LogP contribution >= 0.6 is 12.4 Å². The highest BCUT2D eigenvalue weighted by molar-refractivity contribution is 5.85. The van der Waals surface area contributed by atoms with Gasteiger partial charge in [-0.3, -0.25) is 4.79 Å². The molecular weight excluding hydrogens is 142 g/mol. The summed E-state index contributed by atoms with van der Waals surface area (Å²) < 4.78 is 0. The quantitative estimate of drug-likeness (QED) is 0.523. The van der Waals surface area contributed by atoms with Crippen LogP contribution in [-0.4, -0.2) is 30.1 Å². The molecule has 2 N–H and O–H groups in total. The van der Waals surface area contributed by atoms with Crippen LogP contribution < -0.4 is 5.32 Å². The van der Waals surface area contributed by atoms with Gasteiger partial charge < -0.3 is 10.4 Å². The van der Waals surface area contributed by atoms with Crippen LogP contribution in [-0.2, 0) is 4.79 Å². The van der Waals surface area contributed by atoms with E-state index in [1.165, 1.54) is 0 Å². The predicted octanol–water partition coefficient (Wildman–Crippen LogP) is -0.669. The van der Waals surface area contributed by atoms with Crippen LogP contribution in [0.25, 0.3) is 0 Å². The average Bonchev–Trinajstić information content (AvgIpc) is 2.14. The Kier molecular flexibility index (Phi) is 3.77. The third-order valence-corrected chi connectivity index (χ3v) is 1.28. The summed E-state index contributed by atoms with van der Waals surface area (Å²) in [6.45, 7) is 0.511. The number of carbonyl (C=O) groups excluding carboxylic acids is 1. The fourth-order valence-electron chi connectivity index (χ4n) is 0.806. The van der Waals surface area contributed by atoms with Gasteiger partial charge in [-0.25, -0.2) is 0 Å². The van der Waals surface area contributed by atoms with Gasteiger partial charge in [0.2, 0.25) is 0 Å². The number of hydrogen-bond donors (Lipinski definition) is 2. The molecule has 1 heterocycles. The first kappa shape index (κ1) is 8.88. The molecule has 1 aliphatic heterocycles. The SMILES string of the molecule is Cl.O=C1CN[C@H](CO)C1. The zero-order chi connectivity index (χ0) is 5.98. The smallest absolute Gasteiger partial charge is 0.148 e. The molecule has 0 unspecified atom stereocenters. The van der Waals surface area contributed by atoms with Crippen molar-refractivity contribution in [1.82, 2.24) is 5.32 Å². The zero-order valence-electron chi connectivity index (χ0n) is 4.96.